The lowest BCUT2D eigenvalue weighted by molar-refractivity contribution is -0.139. The first-order valence-corrected chi connectivity index (χ1v) is 8.56. The molecule has 2 bridgehead atoms. The smallest absolute Gasteiger partial charge is 0.235 e. The molecular weight excluding hydrogens is 312 g/mol. The molecule has 1 aromatic rings. The molecule has 23 heavy (non-hydrogen) atoms. The highest BCUT2D eigenvalue weighted by atomic mass is 35.5. The predicted molar refractivity (Wildman–Crippen MR) is 86.5 cm³/mol. The zero-order valence-electron chi connectivity index (χ0n) is 12.5. The van der Waals surface area contributed by atoms with Crippen molar-refractivity contribution in [1.82, 2.24) is 4.90 Å². The van der Waals surface area contributed by atoms with Gasteiger partial charge in [0.2, 0.25) is 11.8 Å². The van der Waals surface area contributed by atoms with Crippen molar-refractivity contribution >= 4 is 29.1 Å². The van der Waals surface area contributed by atoms with Crippen LogP contribution in [0.25, 0.3) is 0 Å². The van der Waals surface area contributed by atoms with Gasteiger partial charge >= 0.3 is 0 Å². The summed E-state index contributed by atoms with van der Waals surface area (Å²) < 4.78 is 0. The van der Waals surface area contributed by atoms with Crippen molar-refractivity contribution in [2.45, 2.75) is 6.42 Å². The molecule has 1 saturated heterocycles. The maximum atomic E-state index is 12.8. The van der Waals surface area contributed by atoms with Crippen LogP contribution in [-0.4, -0.2) is 23.4 Å². The minimum absolute atomic E-state index is 0.00995. The number of hydrogen-bond acceptors (Lipinski definition) is 3. The van der Waals surface area contributed by atoms with E-state index in [4.69, 9.17) is 11.6 Å². The van der Waals surface area contributed by atoms with Crippen LogP contribution in [0.5, 0.6) is 0 Å². The van der Waals surface area contributed by atoms with E-state index in [1.807, 2.05) is 18.2 Å². The number of carbonyl (C=O) groups is 2. The molecule has 4 nitrogen and oxygen atoms in total. The lowest BCUT2D eigenvalue weighted by Gasteiger charge is -2.37. The summed E-state index contributed by atoms with van der Waals surface area (Å²) in [4.78, 5) is 27.0. The lowest BCUT2D eigenvalue weighted by atomic mass is 9.63. The molecule has 1 aliphatic heterocycles. The normalized spacial score (nSPS) is 39.4. The fourth-order valence-corrected chi connectivity index (χ4v) is 5.15. The van der Waals surface area contributed by atoms with E-state index in [1.54, 1.807) is 6.07 Å². The number of imide groups is 1. The molecule has 1 aromatic carbocycles. The van der Waals surface area contributed by atoms with Gasteiger partial charge in [-0.3, -0.25) is 14.5 Å². The second-order valence-corrected chi connectivity index (χ2v) is 7.48. The first-order chi connectivity index (χ1) is 11.2. The average molecular weight is 329 g/mol. The number of anilines is 1. The topological polar surface area (TPSA) is 49.4 Å². The molecular formula is C18H17ClN2O2. The fraction of sp³-hybridized carbons (Fsp3) is 0.444. The minimum atomic E-state index is -0.130. The van der Waals surface area contributed by atoms with Gasteiger partial charge in [-0.15, -0.1) is 0 Å². The van der Waals surface area contributed by atoms with Gasteiger partial charge in [0.15, 0.2) is 0 Å². The Kier molecular flexibility index (Phi) is 2.72. The molecule has 5 heteroatoms. The third kappa shape index (κ3) is 1.78. The molecule has 0 unspecified atom stereocenters. The highest BCUT2D eigenvalue weighted by Gasteiger charge is 2.66. The Morgan fingerprint density at radius 1 is 1.04 bits per heavy atom. The summed E-state index contributed by atoms with van der Waals surface area (Å²) >= 11 is 6.12. The van der Waals surface area contributed by atoms with Gasteiger partial charge in [-0.25, -0.2) is 0 Å². The zero-order valence-corrected chi connectivity index (χ0v) is 13.2. The maximum Gasteiger partial charge on any atom is 0.235 e. The van der Waals surface area contributed by atoms with Crippen molar-refractivity contribution in [3.05, 3.63) is 41.4 Å². The van der Waals surface area contributed by atoms with Crippen LogP contribution in [0.2, 0.25) is 5.02 Å². The number of amides is 2. The van der Waals surface area contributed by atoms with Crippen molar-refractivity contribution in [3.8, 4) is 0 Å². The van der Waals surface area contributed by atoms with Gasteiger partial charge in [0.1, 0.15) is 0 Å². The summed E-state index contributed by atoms with van der Waals surface area (Å²) in [6.45, 7) is 0.198. The summed E-state index contributed by atoms with van der Waals surface area (Å²) in [6, 6.07) is 7.36. The molecule has 0 aromatic heterocycles. The molecule has 0 spiro atoms. The molecule has 2 saturated carbocycles. The number of carbonyl (C=O) groups excluding carboxylic acids is 2. The van der Waals surface area contributed by atoms with Crippen LogP contribution < -0.4 is 5.32 Å². The standard InChI is InChI=1S/C18H17ClN2O2/c19-13-3-1-2-4-14(13)20-8-21-17(22)15-9-5-6-10(12-7-11(9)12)16(15)18(21)23/h1-6,9-12,15-16,20H,7-8H2/t9-,10-,11-,12+,15-,16+/m1/s1. The van der Waals surface area contributed by atoms with Gasteiger partial charge in [0.25, 0.3) is 0 Å². The summed E-state index contributed by atoms with van der Waals surface area (Å²) in [5.41, 5.74) is 0.744. The molecule has 2 amide bonds. The molecule has 6 atom stereocenters. The molecule has 118 valence electrons. The molecule has 6 rings (SSSR count). The Bertz CT molecular complexity index is 710. The van der Waals surface area contributed by atoms with Gasteiger partial charge in [-0.1, -0.05) is 35.9 Å². The number of hydrogen-bond donors (Lipinski definition) is 1. The van der Waals surface area contributed by atoms with E-state index in [9.17, 15) is 9.59 Å². The quantitative estimate of drug-likeness (QED) is 0.685. The van der Waals surface area contributed by atoms with Gasteiger partial charge < -0.3 is 5.32 Å². The molecule has 1 N–H and O–H groups in total. The SMILES string of the molecule is O=C1[C@@H]2[C@@H]3C=C[C@H]([C@@H]4C[C@H]34)[C@@H]2C(=O)N1CNc1ccccc1Cl. The molecule has 5 aliphatic rings. The summed E-state index contributed by atoms with van der Waals surface area (Å²) in [7, 11) is 0. The number of nitrogens with one attached hydrogen (secondary N) is 1. The molecule has 4 aliphatic carbocycles. The summed E-state index contributed by atoms with van der Waals surface area (Å²) in [5.74, 6) is 1.55. The monoisotopic (exact) mass is 328 g/mol. The highest BCUT2D eigenvalue weighted by Crippen LogP contribution is 2.65. The van der Waals surface area contributed by atoms with E-state index in [-0.39, 0.29) is 42.2 Å². The van der Waals surface area contributed by atoms with E-state index in [0.717, 1.165) is 5.69 Å². The van der Waals surface area contributed by atoms with Crippen molar-refractivity contribution in [2.75, 3.05) is 12.0 Å². The van der Waals surface area contributed by atoms with Crippen LogP contribution in [0.3, 0.4) is 0 Å². The Balaban J connectivity index is 1.38. The largest absolute Gasteiger partial charge is 0.366 e. The van der Waals surface area contributed by atoms with E-state index in [2.05, 4.69) is 17.5 Å². The van der Waals surface area contributed by atoms with Crippen LogP contribution in [0.15, 0.2) is 36.4 Å². The van der Waals surface area contributed by atoms with Crippen LogP contribution in [0, 0.1) is 35.5 Å². The van der Waals surface area contributed by atoms with Gasteiger partial charge in [0.05, 0.1) is 29.2 Å². The average Bonchev–Trinajstić information content (AvgIpc) is 3.33. The zero-order chi connectivity index (χ0) is 15.7. The van der Waals surface area contributed by atoms with Gasteiger partial charge in [-0.05, 0) is 42.2 Å². The lowest BCUT2D eigenvalue weighted by Crippen LogP contribution is -2.40. The number of nitrogens with zero attached hydrogens (tertiary/aromatic N) is 1. The molecule has 3 fully saturated rings. The van der Waals surface area contributed by atoms with E-state index < -0.39 is 0 Å². The molecule has 0 radical (unpaired) electrons. The summed E-state index contributed by atoms with van der Waals surface area (Å²) in [5, 5.41) is 3.72. The fourth-order valence-electron chi connectivity index (χ4n) is 4.94. The van der Waals surface area contributed by atoms with E-state index >= 15 is 0 Å². The van der Waals surface area contributed by atoms with Crippen LogP contribution in [0.4, 0.5) is 5.69 Å². The Morgan fingerprint density at radius 3 is 2.26 bits per heavy atom. The number of benzene rings is 1. The van der Waals surface area contributed by atoms with E-state index in [1.165, 1.54) is 11.3 Å². The van der Waals surface area contributed by atoms with Gasteiger partial charge in [0, 0.05) is 0 Å². The highest BCUT2D eigenvalue weighted by molar-refractivity contribution is 6.33. The second-order valence-electron chi connectivity index (χ2n) is 7.07. The Hall–Kier alpha value is -1.81. The van der Waals surface area contributed by atoms with Crippen molar-refractivity contribution < 1.29 is 9.59 Å². The third-order valence-corrected chi connectivity index (χ3v) is 6.39. The Morgan fingerprint density at radius 2 is 1.65 bits per heavy atom. The first kappa shape index (κ1) is 13.6. The third-order valence-electron chi connectivity index (χ3n) is 6.06. The Labute approximate surface area is 139 Å². The van der Waals surface area contributed by atoms with Crippen molar-refractivity contribution in [1.29, 1.82) is 0 Å². The number of para-hydroxylation sites is 1. The first-order valence-electron chi connectivity index (χ1n) is 8.19. The number of halogens is 1. The minimum Gasteiger partial charge on any atom is -0.366 e. The van der Waals surface area contributed by atoms with Crippen LogP contribution in [-0.2, 0) is 9.59 Å². The predicted octanol–water partition coefficient (Wildman–Crippen LogP) is 2.76. The summed E-state index contributed by atoms with van der Waals surface area (Å²) in [6.07, 6.45) is 5.57. The van der Waals surface area contributed by atoms with E-state index in [0.29, 0.717) is 16.9 Å². The van der Waals surface area contributed by atoms with Crippen LogP contribution in [0.1, 0.15) is 6.42 Å². The van der Waals surface area contributed by atoms with Crippen molar-refractivity contribution in [2.24, 2.45) is 35.5 Å². The second kappa shape index (κ2) is 4.60. The van der Waals surface area contributed by atoms with Crippen molar-refractivity contribution in [3.63, 3.8) is 0 Å². The number of allylic oxidation sites excluding steroid dienone is 2. The number of rotatable bonds is 3. The molecule has 1 heterocycles. The maximum absolute atomic E-state index is 12.8. The van der Waals surface area contributed by atoms with Crippen LogP contribution >= 0.6 is 11.6 Å². The van der Waals surface area contributed by atoms with Gasteiger partial charge in [-0.2, -0.15) is 0 Å². The number of likely N-dealkylation sites (tertiary alicyclic amines) is 1.